The third kappa shape index (κ3) is 3.85. The van der Waals surface area contributed by atoms with Crippen LogP contribution in [-0.4, -0.2) is 47.5 Å². The van der Waals surface area contributed by atoms with Crippen molar-refractivity contribution in [1.82, 2.24) is 9.47 Å². The smallest absolute Gasteiger partial charge is 0.227 e. The van der Waals surface area contributed by atoms with Crippen LogP contribution in [0.25, 0.3) is 10.9 Å². The van der Waals surface area contributed by atoms with E-state index in [2.05, 4.69) is 22.9 Å². The number of hydrogen-bond donors (Lipinski definition) is 0. The largest absolute Gasteiger partial charge is 0.347 e. The number of likely N-dealkylation sites (tertiary alicyclic amines) is 1. The van der Waals surface area contributed by atoms with Crippen LogP contribution in [0.4, 0.5) is 0 Å². The van der Waals surface area contributed by atoms with Crippen molar-refractivity contribution >= 4 is 28.4 Å². The van der Waals surface area contributed by atoms with E-state index in [0.717, 1.165) is 40.9 Å². The monoisotopic (exact) mass is 424 g/mol. The molecule has 0 unspecified atom stereocenters. The van der Waals surface area contributed by atoms with Gasteiger partial charge in [-0.15, -0.1) is 0 Å². The number of amides is 1. The molecule has 0 bridgehead atoms. The Hall–Kier alpha value is -2.34. The van der Waals surface area contributed by atoms with Crippen molar-refractivity contribution < 1.29 is 14.3 Å². The number of halogens is 1. The zero-order chi connectivity index (χ0) is 20.6. The van der Waals surface area contributed by atoms with E-state index >= 15 is 0 Å². The zero-order valence-corrected chi connectivity index (χ0v) is 17.6. The maximum Gasteiger partial charge on any atom is 0.227 e. The number of para-hydroxylation sites is 1. The lowest BCUT2D eigenvalue weighted by Gasteiger charge is -2.37. The SMILES string of the molecule is O=C(Cc1cn(Cc2ccc(Cl)cc2)c2ccccc12)N1CCC2(CC1)OCCO2. The van der Waals surface area contributed by atoms with Crippen LogP contribution >= 0.6 is 11.6 Å². The second-order valence-electron chi connectivity index (χ2n) is 8.09. The Morgan fingerprint density at radius 2 is 1.70 bits per heavy atom. The van der Waals surface area contributed by atoms with Crippen LogP contribution in [0.2, 0.25) is 5.02 Å². The molecule has 0 N–H and O–H groups in total. The lowest BCUT2D eigenvalue weighted by Crippen LogP contribution is -2.47. The van der Waals surface area contributed by atoms with Gasteiger partial charge >= 0.3 is 0 Å². The molecule has 2 fully saturated rings. The van der Waals surface area contributed by atoms with Crippen LogP contribution in [0.1, 0.15) is 24.0 Å². The summed E-state index contributed by atoms with van der Waals surface area (Å²) in [6.07, 6.45) is 4.02. The summed E-state index contributed by atoms with van der Waals surface area (Å²) in [6.45, 7) is 3.42. The number of nitrogens with zero attached hydrogens (tertiary/aromatic N) is 2. The van der Waals surface area contributed by atoms with E-state index in [1.165, 1.54) is 5.56 Å². The van der Waals surface area contributed by atoms with Crippen LogP contribution in [0.5, 0.6) is 0 Å². The van der Waals surface area contributed by atoms with Crippen molar-refractivity contribution in [3.8, 4) is 0 Å². The van der Waals surface area contributed by atoms with Gasteiger partial charge in [0.15, 0.2) is 5.79 Å². The molecule has 30 heavy (non-hydrogen) atoms. The summed E-state index contributed by atoms with van der Waals surface area (Å²) in [6, 6.07) is 16.2. The van der Waals surface area contributed by atoms with Crippen molar-refractivity contribution in [2.24, 2.45) is 0 Å². The normalized spacial score (nSPS) is 18.4. The number of carbonyl (C=O) groups is 1. The summed E-state index contributed by atoms with van der Waals surface area (Å²) in [5, 5.41) is 1.87. The summed E-state index contributed by atoms with van der Waals surface area (Å²) in [5.74, 6) is -0.289. The van der Waals surface area contributed by atoms with Crippen LogP contribution in [0.15, 0.2) is 54.7 Å². The summed E-state index contributed by atoms with van der Waals surface area (Å²) in [5.41, 5.74) is 3.38. The van der Waals surface area contributed by atoms with Gasteiger partial charge in [0.2, 0.25) is 5.91 Å². The minimum Gasteiger partial charge on any atom is -0.347 e. The van der Waals surface area contributed by atoms with Gasteiger partial charge in [0.25, 0.3) is 0 Å². The third-order valence-corrected chi connectivity index (χ3v) is 6.42. The average Bonchev–Trinajstić information content (AvgIpc) is 3.36. The number of benzene rings is 2. The molecule has 1 spiro atoms. The quantitative estimate of drug-likeness (QED) is 0.628. The molecule has 2 aromatic carbocycles. The molecule has 0 aliphatic carbocycles. The summed E-state index contributed by atoms with van der Waals surface area (Å²) in [7, 11) is 0. The molecule has 2 aliphatic rings. The number of aromatic nitrogens is 1. The third-order valence-electron chi connectivity index (χ3n) is 6.17. The van der Waals surface area contributed by atoms with E-state index in [1.807, 2.05) is 41.3 Å². The van der Waals surface area contributed by atoms with Crippen LogP contribution in [0.3, 0.4) is 0 Å². The molecule has 3 aromatic rings. The number of fused-ring (bicyclic) bond motifs is 1. The standard InChI is InChI=1S/C24H25ClN2O3/c25-20-7-5-18(6-8-20)16-27-17-19(21-3-1-2-4-22(21)27)15-23(28)26-11-9-24(10-12-26)29-13-14-30-24/h1-8,17H,9-16H2. The Bertz CT molecular complexity index is 1040. The number of rotatable bonds is 4. The Morgan fingerprint density at radius 3 is 2.43 bits per heavy atom. The van der Waals surface area contributed by atoms with E-state index in [4.69, 9.17) is 21.1 Å². The van der Waals surface area contributed by atoms with Crippen molar-refractivity contribution in [1.29, 1.82) is 0 Å². The topological polar surface area (TPSA) is 43.7 Å². The minimum absolute atomic E-state index is 0.164. The van der Waals surface area contributed by atoms with Gasteiger partial charge in [0.05, 0.1) is 19.6 Å². The number of carbonyl (C=O) groups excluding carboxylic acids is 1. The molecule has 2 saturated heterocycles. The summed E-state index contributed by atoms with van der Waals surface area (Å²) >= 11 is 6.02. The fraction of sp³-hybridized carbons (Fsp3) is 0.375. The Morgan fingerprint density at radius 1 is 1.00 bits per heavy atom. The van der Waals surface area contributed by atoms with E-state index in [0.29, 0.717) is 32.7 Å². The molecule has 156 valence electrons. The molecule has 5 nitrogen and oxygen atoms in total. The molecular formula is C24H25ClN2O3. The predicted molar refractivity (Wildman–Crippen MR) is 117 cm³/mol. The van der Waals surface area contributed by atoms with Gasteiger partial charge in [-0.3, -0.25) is 4.79 Å². The van der Waals surface area contributed by atoms with Gasteiger partial charge < -0.3 is 18.9 Å². The Balaban J connectivity index is 1.33. The average molecular weight is 425 g/mol. The van der Waals surface area contributed by atoms with Crippen molar-refractivity contribution in [3.63, 3.8) is 0 Å². The number of ether oxygens (including phenoxy) is 2. The van der Waals surface area contributed by atoms with E-state index in [1.54, 1.807) is 0 Å². The highest BCUT2D eigenvalue weighted by atomic mass is 35.5. The van der Waals surface area contributed by atoms with E-state index in [9.17, 15) is 4.79 Å². The first-order valence-electron chi connectivity index (χ1n) is 10.5. The van der Waals surface area contributed by atoms with Crippen molar-refractivity contribution in [2.75, 3.05) is 26.3 Å². The van der Waals surface area contributed by atoms with Crippen LogP contribution in [0, 0.1) is 0 Å². The maximum absolute atomic E-state index is 13.0. The van der Waals surface area contributed by atoms with Gasteiger partial charge in [-0.25, -0.2) is 0 Å². The number of piperidine rings is 1. The fourth-order valence-electron chi connectivity index (χ4n) is 4.54. The van der Waals surface area contributed by atoms with E-state index in [-0.39, 0.29) is 5.91 Å². The van der Waals surface area contributed by atoms with Crippen LogP contribution in [-0.2, 0) is 27.2 Å². The second kappa shape index (κ2) is 8.06. The molecule has 1 aromatic heterocycles. The molecule has 0 saturated carbocycles. The first kappa shape index (κ1) is 19.6. The molecule has 6 heteroatoms. The molecule has 1 amide bonds. The first-order valence-corrected chi connectivity index (χ1v) is 10.9. The van der Waals surface area contributed by atoms with Gasteiger partial charge in [-0.05, 0) is 29.3 Å². The van der Waals surface area contributed by atoms with Gasteiger partial charge in [-0.1, -0.05) is 41.9 Å². The number of hydrogen-bond acceptors (Lipinski definition) is 3. The van der Waals surface area contributed by atoms with Gasteiger partial charge in [0, 0.05) is 54.6 Å². The zero-order valence-electron chi connectivity index (χ0n) is 16.9. The molecule has 3 heterocycles. The van der Waals surface area contributed by atoms with Gasteiger partial charge in [-0.2, -0.15) is 0 Å². The van der Waals surface area contributed by atoms with Crippen LogP contribution < -0.4 is 0 Å². The maximum atomic E-state index is 13.0. The molecule has 0 radical (unpaired) electrons. The van der Waals surface area contributed by atoms with Crippen molar-refractivity contribution in [2.45, 2.75) is 31.6 Å². The molecule has 0 atom stereocenters. The Kier molecular flexibility index (Phi) is 5.27. The second-order valence-corrected chi connectivity index (χ2v) is 8.53. The lowest BCUT2D eigenvalue weighted by molar-refractivity contribution is -0.187. The highest BCUT2D eigenvalue weighted by Crippen LogP contribution is 2.32. The molecule has 2 aliphatic heterocycles. The highest BCUT2D eigenvalue weighted by molar-refractivity contribution is 6.30. The predicted octanol–water partition coefficient (Wildman–Crippen LogP) is 4.25. The Labute approximate surface area is 181 Å². The molecule has 5 rings (SSSR count). The van der Waals surface area contributed by atoms with Crippen molar-refractivity contribution in [3.05, 3.63) is 70.9 Å². The van der Waals surface area contributed by atoms with Gasteiger partial charge in [0.1, 0.15) is 0 Å². The van der Waals surface area contributed by atoms with E-state index < -0.39 is 5.79 Å². The summed E-state index contributed by atoms with van der Waals surface area (Å²) < 4.78 is 13.8. The summed E-state index contributed by atoms with van der Waals surface area (Å²) in [4.78, 5) is 15.0. The highest BCUT2D eigenvalue weighted by Gasteiger charge is 2.40. The minimum atomic E-state index is -0.453. The lowest BCUT2D eigenvalue weighted by atomic mass is 10.0. The molecular weight excluding hydrogens is 400 g/mol. The fourth-order valence-corrected chi connectivity index (χ4v) is 4.66. The first-order chi connectivity index (χ1) is 14.6.